The molecule has 1 aromatic heterocycles. The first-order valence-corrected chi connectivity index (χ1v) is 9.59. The summed E-state index contributed by atoms with van der Waals surface area (Å²) in [6.45, 7) is 4.72. The molecule has 1 atom stereocenters. The van der Waals surface area contributed by atoms with Crippen molar-refractivity contribution in [1.29, 1.82) is 0 Å². The Morgan fingerprint density at radius 1 is 1.17 bits per heavy atom. The Balaban J connectivity index is 1.73. The van der Waals surface area contributed by atoms with Crippen molar-refractivity contribution in [3.63, 3.8) is 0 Å². The summed E-state index contributed by atoms with van der Waals surface area (Å²) in [5.74, 6) is 2.28. The van der Waals surface area contributed by atoms with Gasteiger partial charge in [0.25, 0.3) is 5.91 Å². The van der Waals surface area contributed by atoms with E-state index in [1.165, 1.54) is 0 Å². The lowest BCUT2D eigenvalue weighted by Gasteiger charge is -2.28. The average molecular weight is 393 g/mol. The largest absolute Gasteiger partial charge is 0.493 e. The van der Waals surface area contributed by atoms with Crippen LogP contribution in [0.5, 0.6) is 11.5 Å². The zero-order valence-electron chi connectivity index (χ0n) is 16.7. The SMILES string of the molecule is CCOc1cc([C@@H](Cc2nnc(C)o2)N2Cc3ccccc3C2=O)ccc1OC. The van der Waals surface area contributed by atoms with E-state index in [0.717, 1.165) is 16.7 Å². The molecule has 150 valence electrons. The highest BCUT2D eigenvalue weighted by molar-refractivity contribution is 5.98. The third kappa shape index (κ3) is 3.68. The van der Waals surface area contributed by atoms with Gasteiger partial charge in [-0.1, -0.05) is 24.3 Å². The lowest BCUT2D eigenvalue weighted by Crippen LogP contribution is -2.30. The summed E-state index contributed by atoms with van der Waals surface area (Å²) in [6.07, 6.45) is 0.415. The van der Waals surface area contributed by atoms with Gasteiger partial charge in [0.15, 0.2) is 11.5 Å². The van der Waals surface area contributed by atoms with Crippen LogP contribution in [0.4, 0.5) is 0 Å². The second-order valence-electron chi connectivity index (χ2n) is 6.87. The minimum atomic E-state index is -0.278. The van der Waals surface area contributed by atoms with E-state index in [4.69, 9.17) is 13.9 Å². The molecule has 2 heterocycles. The van der Waals surface area contributed by atoms with Gasteiger partial charge in [-0.25, -0.2) is 0 Å². The van der Waals surface area contributed by atoms with Gasteiger partial charge in [-0.2, -0.15) is 0 Å². The number of methoxy groups -OCH3 is 1. The van der Waals surface area contributed by atoms with Gasteiger partial charge in [0, 0.05) is 19.0 Å². The van der Waals surface area contributed by atoms with E-state index in [1.54, 1.807) is 14.0 Å². The zero-order chi connectivity index (χ0) is 20.4. The van der Waals surface area contributed by atoms with Crippen molar-refractivity contribution in [3.05, 3.63) is 70.9 Å². The topological polar surface area (TPSA) is 77.7 Å². The van der Waals surface area contributed by atoms with Gasteiger partial charge in [-0.3, -0.25) is 4.79 Å². The summed E-state index contributed by atoms with van der Waals surface area (Å²) < 4.78 is 16.8. The first kappa shape index (κ1) is 19.0. The van der Waals surface area contributed by atoms with Crippen molar-refractivity contribution in [3.8, 4) is 11.5 Å². The minimum Gasteiger partial charge on any atom is -0.493 e. The van der Waals surface area contributed by atoms with Crippen LogP contribution in [0.3, 0.4) is 0 Å². The first-order chi connectivity index (χ1) is 14.1. The molecule has 0 spiro atoms. The summed E-state index contributed by atoms with van der Waals surface area (Å²) in [5, 5.41) is 8.07. The van der Waals surface area contributed by atoms with E-state index in [1.807, 2.05) is 54.3 Å². The molecule has 1 aliphatic heterocycles. The fourth-order valence-electron chi connectivity index (χ4n) is 3.69. The van der Waals surface area contributed by atoms with Crippen molar-refractivity contribution in [2.45, 2.75) is 32.9 Å². The molecular weight excluding hydrogens is 370 g/mol. The Morgan fingerprint density at radius 3 is 2.69 bits per heavy atom. The highest BCUT2D eigenvalue weighted by Crippen LogP contribution is 2.37. The second kappa shape index (κ2) is 7.95. The van der Waals surface area contributed by atoms with Crippen LogP contribution in [0.1, 0.15) is 46.2 Å². The lowest BCUT2D eigenvalue weighted by molar-refractivity contribution is 0.0693. The number of ether oxygens (including phenoxy) is 2. The first-order valence-electron chi connectivity index (χ1n) is 9.59. The monoisotopic (exact) mass is 393 g/mol. The predicted octanol–water partition coefficient (Wildman–Crippen LogP) is 3.73. The smallest absolute Gasteiger partial charge is 0.255 e. The molecule has 0 aliphatic carbocycles. The van der Waals surface area contributed by atoms with Crippen LogP contribution in [0.25, 0.3) is 0 Å². The summed E-state index contributed by atoms with van der Waals surface area (Å²) in [5.41, 5.74) is 2.67. The second-order valence-corrected chi connectivity index (χ2v) is 6.87. The van der Waals surface area contributed by atoms with Gasteiger partial charge in [0.2, 0.25) is 11.8 Å². The van der Waals surface area contributed by atoms with Gasteiger partial charge in [0.05, 0.1) is 26.2 Å². The van der Waals surface area contributed by atoms with E-state index in [9.17, 15) is 4.79 Å². The maximum Gasteiger partial charge on any atom is 0.255 e. The summed E-state index contributed by atoms with van der Waals surface area (Å²) in [4.78, 5) is 15.0. The predicted molar refractivity (Wildman–Crippen MR) is 106 cm³/mol. The quantitative estimate of drug-likeness (QED) is 0.609. The normalized spacial score (nSPS) is 14.0. The van der Waals surface area contributed by atoms with Gasteiger partial charge in [-0.15, -0.1) is 10.2 Å². The van der Waals surface area contributed by atoms with Crippen molar-refractivity contribution in [1.82, 2.24) is 15.1 Å². The van der Waals surface area contributed by atoms with E-state index in [-0.39, 0.29) is 11.9 Å². The number of rotatable bonds is 7. The van der Waals surface area contributed by atoms with Gasteiger partial charge in [0.1, 0.15) is 0 Å². The maximum atomic E-state index is 13.1. The third-order valence-corrected chi connectivity index (χ3v) is 5.03. The molecule has 0 radical (unpaired) electrons. The van der Waals surface area contributed by atoms with Crippen LogP contribution in [0, 0.1) is 6.92 Å². The third-order valence-electron chi connectivity index (χ3n) is 5.03. The molecule has 1 aliphatic rings. The van der Waals surface area contributed by atoms with Crippen molar-refractivity contribution in [2.75, 3.05) is 13.7 Å². The number of hydrogen-bond acceptors (Lipinski definition) is 6. The Labute approximate surface area is 169 Å². The molecule has 0 saturated heterocycles. The molecule has 7 nitrogen and oxygen atoms in total. The molecular formula is C22H23N3O4. The van der Waals surface area contributed by atoms with E-state index >= 15 is 0 Å². The van der Waals surface area contributed by atoms with Crippen LogP contribution in [0.2, 0.25) is 0 Å². The zero-order valence-corrected chi connectivity index (χ0v) is 16.7. The Kier molecular flexibility index (Phi) is 5.20. The lowest BCUT2D eigenvalue weighted by atomic mass is 10.0. The molecule has 3 aromatic rings. The molecule has 2 aromatic carbocycles. The summed E-state index contributed by atoms with van der Waals surface area (Å²) in [7, 11) is 1.61. The molecule has 0 bridgehead atoms. The highest BCUT2D eigenvalue weighted by Gasteiger charge is 2.34. The summed E-state index contributed by atoms with van der Waals surface area (Å²) in [6, 6.07) is 13.1. The number of amides is 1. The Morgan fingerprint density at radius 2 is 2.00 bits per heavy atom. The van der Waals surface area contributed by atoms with Crippen molar-refractivity contribution < 1.29 is 18.7 Å². The fourth-order valence-corrected chi connectivity index (χ4v) is 3.69. The molecule has 0 fully saturated rings. The Hall–Kier alpha value is -3.35. The van der Waals surface area contributed by atoms with E-state index in [0.29, 0.717) is 42.9 Å². The van der Waals surface area contributed by atoms with E-state index < -0.39 is 0 Å². The van der Waals surface area contributed by atoms with Crippen LogP contribution < -0.4 is 9.47 Å². The highest BCUT2D eigenvalue weighted by atomic mass is 16.5. The van der Waals surface area contributed by atoms with Crippen LogP contribution in [-0.2, 0) is 13.0 Å². The van der Waals surface area contributed by atoms with Gasteiger partial charge in [-0.05, 0) is 36.2 Å². The van der Waals surface area contributed by atoms with Crippen molar-refractivity contribution in [2.24, 2.45) is 0 Å². The maximum absolute atomic E-state index is 13.1. The summed E-state index contributed by atoms with van der Waals surface area (Å²) >= 11 is 0. The average Bonchev–Trinajstić information content (AvgIpc) is 3.29. The number of hydrogen-bond donors (Lipinski definition) is 0. The number of carbonyl (C=O) groups is 1. The molecule has 1 amide bonds. The van der Waals surface area contributed by atoms with Crippen LogP contribution in [0.15, 0.2) is 46.9 Å². The van der Waals surface area contributed by atoms with E-state index in [2.05, 4.69) is 10.2 Å². The molecule has 0 unspecified atom stereocenters. The molecule has 0 N–H and O–H groups in total. The van der Waals surface area contributed by atoms with Crippen LogP contribution in [-0.4, -0.2) is 34.7 Å². The molecule has 7 heteroatoms. The number of nitrogens with zero attached hydrogens (tertiary/aromatic N) is 3. The number of carbonyl (C=O) groups excluding carboxylic acids is 1. The standard InChI is InChI=1S/C22H23N3O4/c1-4-28-20-11-15(9-10-19(20)27-3)18(12-21-24-23-14(2)29-21)25-13-16-7-5-6-8-17(16)22(25)26/h5-11,18H,4,12-13H2,1-3H3/t18-/m1/s1. The number of aromatic nitrogens is 2. The fraction of sp³-hybridized carbons (Fsp3) is 0.318. The van der Waals surface area contributed by atoms with Gasteiger partial charge < -0.3 is 18.8 Å². The van der Waals surface area contributed by atoms with Crippen molar-refractivity contribution >= 4 is 5.91 Å². The van der Waals surface area contributed by atoms with Gasteiger partial charge >= 0.3 is 0 Å². The molecule has 29 heavy (non-hydrogen) atoms. The number of benzene rings is 2. The Bertz CT molecular complexity index is 1030. The minimum absolute atomic E-state index is 0.00406. The molecule has 0 saturated carbocycles. The number of fused-ring (bicyclic) bond motifs is 1. The number of aryl methyl sites for hydroxylation is 1. The van der Waals surface area contributed by atoms with Crippen LogP contribution >= 0.6 is 0 Å². The molecule has 4 rings (SSSR count).